The number of unbranched alkanes of at least 4 members (excludes halogenated alkanes) is 2. The number of aryl methyl sites for hydroxylation is 1. The van der Waals surface area contributed by atoms with Crippen molar-refractivity contribution in [2.45, 2.75) is 46.1 Å². The van der Waals surface area contributed by atoms with Crippen LogP contribution < -0.4 is 16.6 Å². The van der Waals surface area contributed by atoms with Gasteiger partial charge in [0, 0.05) is 18.5 Å². The minimum absolute atomic E-state index is 0.0823. The molecule has 0 aliphatic carbocycles. The molecule has 0 unspecified atom stereocenters. The molecule has 3 N–H and O–H groups in total. The van der Waals surface area contributed by atoms with Crippen LogP contribution in [0.4, 0.5) is 11.4 Å². The molecule has 21 heavy (non-hydrogen) atoms. The Balaban J connectivity index is 2.54. The summed E-state index contributed by atoms with van der Waals surface area (Å²) in [7, 11) is 0. The minimum Gasteiger partial charge on any atom is -0.393 e. The molecule has 2 aromatic rings. The molecular formula is C17H25N3O. The molecule has 0 amide bonds. The number of rotatable bonds is 7. The second-order valence-electron chi connectivity index (χ2n) is 5.40. The van der Waals surface area contributed by atoms with Crippen molar-refractivity contribution in [3.8, 4) is 0 Å². The highest BCUT2D eigenvalue weighted by Gasteiger charge is 2.13. The van der Waals surface area contributed by atoms with Crippen molar-refractivity contribution >= 4 is 22.3 Å². The second kappa shape index (κ2) is 7.16. The number of fused-ring (bicyclic) bond motifs is 1. The number of hydrogen-bond acceptors (Lipinski definition) is 3. The van der Waals surface area contributed by atoms with Crippen molar-refractivity contribution in [2.24, 2.45) is 0 Å². The van der Waals surface area contributed by atoms with Crippen molar-refractivity contribution < 1.29 is 0 Å². The van der Waals surface area contributed by atoms with Crippen LogP contribution in [0.25, 0.3) is 10.9 Å². The van der Waals surface area contributed by atoms with Gasteiger partial charge in [-0.1, -0.05) is 44.9 Å². The van der Waals surface area contributed by atoms with E-state index in [0.29, 0.717) is 5.69 Å². The van der Waals surface area contributed by atoms with Crippen molar-refractivity contribution in [3.63, 3.8) is 0 Å². The lowest BCUT2D eigenvalue weighted by Crippen LogP contribution is -2.25. The van der Waals surface area contributed by atoms with Crippen LogP contribution in [0.2, 0.25) is 0 Å². The summed E-state index contributed by atoms with van der Waals surface area (Å²) in [6.45, 7) is 5.82. The van der Waals surface area contributed by atoms with E-state index in [-0.39, 0.29) is 5.56 Å². The maximum atomic E-state index is 12.5. The molecule has 2 rings (SSSR count). The molecule has 114 valence electrons. The number of pyridine rings is 1. The van der Waals surface area contributed by atoms with Crippen LogP contribution in [0.1, 0.15) is 39.5 Å². The average molecular weight is 287 g/mol. The molecule has 4 nitrogen and oxygen atoms in total. The molecule has 0 atom stereocenters. The fourth-order valence-electron chi connectivity index (χ4n) is 2.55. The van der Waals surface area contributed by atoms with Gasteiger partial charge in [0.25, 0.3) is 5.56 Å². The van der Waals surface area contributed by atoms with Crippen molar-refractivity contribution in [3.05, 3.63) is 34.6 Å². The summed E-state index contributed by atoms with van der Waals surface area (Å²) < 4.78 is 1.80. The van der Waals surface area contributed by atoms with Crippen LogP contribution in [0.15, 0.2) is 29.1 Å². The number of nitrogens with two attached hydrogens (primary N) is 1. The van der Waals surface area contributed by atoms with Gasteiger partial charge in [-0.2, -0.15) is 0 Å². The number of hydrogen-bond donors (Lipinski definition) is 2. The Morgan fingerprint density at radius 2 is 1.86 bits per heavy atom. The van der Waals surface area contributed by atoms with Gasteiger partial charge in [-0.3, -0.25) is 4.79 Å². The first-order chi connectivity index (χ1) is 10.2. The van der Waals surface area contributed by atoms with Gasteiger partial charge >= 0.3 is 0 Å². The van der Waals surface area contributed by atoms with E-state index >= 15 is 0 Å². The maximum absolute atomic E-state index is 12.5. The molecular weight excluding hydrogens is 262 g/mol. The van der Waals surface area contributed by atoms with E-state index in [0.717, 1.165) is 55.4 Å². The van der Waals surface area contributed by atoms with Crippen LogP contribution in [0.3, 0.4) is 0 Å². The van der Waals surface area contributed by atoms with E-state index in [1.54, 1.807) is 4.57 Å². The van der Waals surface area contributed by atoms with Gasteiger partial charge in [-0.05, 0) is 18.9 Å². The molecule has 0 spiro atoms. The molecule has 0 aliphatic heterocycles. The van der Waals surface area contributed by atoms with E-state index in [4.69, 9.17) is 5.73 Å². The zero-order chi connectivity index (χ0) is 15.2. The fourth-order valence-corrected chi connectivity index (χ4v) is 2.55. The topological polar surface area (TPSA) is 60.0 Å². The summed E-state index contributed by atoms with van der Waals surface area (Å²) in [5.41, 5.74) is 8.11. The predicted molar refractivity (Wildman–Crippen MR) is 90.9 cm³/mol. The second-order valence-corrected chi connectivity index (χ2v) is 5.40. The Bertz CT molecular complexity index is 661. The zero-order valence-corrected chi connectivity index (χ0v) is 13.0. The Hall–Kier alpha value is -1.97. The first kappa shape index (κ1) is 15.4. The monoisotopic (exact) mass is 287 g/mol. The third-order valence-corrected chi connectivity index (χ3v) is 3.78. The SMILES string of the molecule is CCCCNc1c(N)c(=O)n(CCCC)c2ccccc12. The Morgan fingerprint density at radius 3 is 2.57 bits per heavy atom. The number of anilines is 2. The molecule has 4 heteroatoms. The number of nitrogen functional groups attached to an aromatic ring is 1. The Morgan fingerprint density at radius 1 is 1.14 bits per heavy atom. The highest BCUT2D eigenvalue weighted by atomic mass is 16.1. The quantitative estimate of drug-likeness (QED) is 0.765. The van der Waals surface area contributed by atoms with E-state index < -0.39 is 0 Å². The van der Waals surface area contributed by atoms with Crippen LogP contribution >= 0.6 is 0 Å². The van der Waals surface area contributed by atoms with Crippen molar-refractivity contribution in [2.75, 3.05) is 17.6 Å². The van der Waals surface area contributed by atoms with Crippen LogP contribution in [0, 0.1) is 0 Å². The molecule has 0 bridgehead atoms. The summed E-state index contributed by atoms with van der Waals surface area (Å²) in [4.78, 5) is 12.5. The number of benzene rings is 1. The lowest BCUT2D eigenvalue weighted by molar-refractivity contribution is 0.633. The van der Waals surface area contributed by atoms with E-state index in [9.17, 15) is 4.79 Å². The minimum atomic E-state index is -0.0823. The number of aromatic nitrogens is 1. The van der Waals surface area contributed by atoms with Crippen molar-refractivity contribution in [1.29, 1.82) is 0 Å². The maximum Gasteiger partial charge on any atom is 0.276 e. The first-order valence-corrected chi connectivity index (χ1v) is 7.85. The third-order valence-electron chi connectivity index (χ3n) is 3.78. The summed E-state index contributed by atoms with van der Waals surface area (Å²) >= 11 is 0. The van der Waals surface area contributed by atoms with Gasteiger partial charge in [0.1, 0.15) is 5.69 Å². The summed E-state index contributed by atoms with van der Waals surface area (Å²) in [5, 5.41) is 4.37. The Kier molecular flexibility index (Phi) is 5.26. The van der Waals surface area contributed by atoms with Gasteiger partial charge in [0.2, 0.25) is 0 Å². The van der Waals surface area contributed by atoms with Gasteiger partial charge in [0.15, 0.2) is 0 Å². The molecule has 1 aromatic heterocycles. The lowest BCUT2D eigenvalue weighted by atomic mass is 10.1. The largest absolute Gasteiger partial charge is 0.393 e. The standard InChI is InChI=1S/C17H25N3O/c1-3-5-11-19-16-13-9-7-8-10-14(13)20(12-6-4-2)17(21)15(16)18/h7-10,19H,3-6,11-12,18H2,1-2H3. The molecule has 0 saturated carbocycles. The zero-order valence-electron chi connectivity index (χ0n) is 13.0. The van der Waals surface area contributed by atoms with E-state index in [2.05, 4.69) is 19.2 Å². The van der Waals surface area contributed by atoms with Crippen molar-refractivity contribution in [1.82, 2.24) is 4.57 Å². The number of nitrogens with zero attached hydrogens (tertiary/aromatic N) is 1. The number of nitrogens with one attached hydrogen (secondary N) is 1. The predicted octanol–water partition coefficient (Wildman–Crippen LogP) is 3.60. The van der Waals surface area contributed by atoms with Gasteiger partial charge in [-0.15, -0.1) is 0 Å². The summed E-state index contributed by atoms with van der Waals surface area (Å²) in [5.74, 6) is 0. The van der Waals surface area contributed by atoms with Crippen LogP contribution in [-0.2, 0) is 6.54 Å². The highest BCUT2D eigenvalue weighted by Crippen LogP contribution is 2.27. The third kappa shape index (κ3) is 3.20. The normalized spacial score (nSPS) is 11.0. The van der Waals surface area contributed by atoms with Gasteiger partial charge < -0.3 is 15.6 Å². The molecule has 1 aromatic carbocycles. The van der Waals surface area contributed by atoms with E-state index in [1.165, 1.54) is 0 Å². The molecule has 0 radical (unpaired) electrons. The van der Waals surface area contributed by atoms with Crippen LogP contribution in [-0.4, -0.2) is 11.1 Å². The number of para-hydroxylation sites is 1. The molecule has 0 fully saturated rings. The fraction of sp³-hybridized carbons (Fsp3) is 0.471. The smallest absolute Gasteiger partial charge is 0.276 e. The molecule has 1 heterocycles. The lowest BCUT2D eigenvalue weighted by Gasteiger charge is -2.17. The van der Waals surface area contributed by atoms with Gasteiger partial charge in [0.05, 0.1) is 11.2 Å². The highest BCUT2D eigenvalue weighted by molar-refractivity contribution is 5.97. The summed E-state index contributed by atoms with van der Waals surface area (Å²) in [6, 6.07) is 7.98. The van der Waals surface area contributed by atoms with Gasteiger partial charge in [-0.25, -0.2) is 0 Å². The Labute approximate surface area is 126 Å². The first-order valence-electron chi connectivity index (χ1n) is 7.85. The van der Waals surface area contributed by atoms with E-state index in [1.807, 2.05) is 24.3 Å². The molecule has 0 aliphatic rings. The summed E-state index contributed by atoms with van der Waals surface area (Å²) in [6.07, 6.45) is 4.20. The average Bonchev–Trinajstić information content (AvgIpc) is 2.51. The van der Waals surface area contributed by atoms with Crippen LogP contribution in [0.5, 0.6) is 0 Å². The molecule has 0 saturated heterocycles.